The highest BCUT2D eigenvalue weighted by Crippen LogP contribution is 2.34. The van der Waals surface area contributed by atoms with E-state index in [0.29, 0.717) is 22.6 Å². The molecule has 0 aromatic heterocycles. The molecule has 1 aromatic rings. The molecule has 0 radical (unpaired) electrons. The fraction of sp³-hybridized carbons (Fsp3) is 0.250. The Morgan fingerprint density at radius 3 is 2.81 bits per heavy atom. The van der Waals surface area contributed by atoms with Crippen LogP contribution in [0.4, 0.5) is 0 Å². The quantitative estimate of drug-likeness (QED) is 0.474. The summed E-state index contributed by atoms with van der Waals surface area (Å²) in [6.45, 7) is 0.200. The summed E-state index contributed by atoms with van der Waals surface area (Å²) in [5.41, 5.74) is 1.21. The molecule has 1 heterocycles. The third-order valence-electron chi connectivity index (χ3n) is 2.11. The molecule has 3 nitrogen and oxygen atoms in total. The number of benzene rings is 1. The molecule has 2 rings (SSSR count). The molecule has 0 atom stereocenters. The van der Waals surface area contributed by atoms with Crippen molar-refractivity contribution >= 4 is 22.2 Å². The largest absolute Gasteiger partial charge is 0.454 e. The van der Waals surface area contributed by atoms with Crippen LogP contribution in [0, 0.1) is 11.8 Å². The van der Waals surface area contributed by atoms with Crippen LogP contribution in [-0.4, -0.2) is 18.4 Å². The summed E-state index contributed by atoms with van der Waals surface area (Å²) in [6, 6.07) is 3.40. The van der Waals surface area contributed by atoms with Crippen molar-refractivity contribution in [2.75, 3.05) is 12.1 Å². The molecule has 1 aromatic carbocycles. The van der Waals surface area contributed by atoms with E-state index in [4.69, 9.17) is 9.47 Å². The second-order valence-corrected chi connectivity index (χ2v) is 3.94. The monoisotopic (exact) mass is 280 g/mol. The lowest BCUT2D eigenvalue weighted by atomic mass is 10.1. The van der Waals surface area contributed by atoms with E-state index in [1.54, 1.807) is 12.1 Å². The number of carbonyl (C=O) groups is 1. The third kappa shape index (κ3) is 2.20. The maximum absolute atomic E-state index is 10.9. The molecule has 0 saturated heterocycles. The third-order valence-corrected chi connectivity index (χ3v) is 2.51. The number of hydrogen-bond donors (Lipinski definition) is 0. The van der Waals surface area contributed by atoms with E-state index in [0.717, 1.165) is 18.0 Å². The number of hydrogen-bond acceptors (Lipinski definition) is 3. The van der Waals surface area contributed by atoms with E-state index < -0.39 is 0 Å². The Hall–Kier alpha value is -1.47. The molecule has 0 aliphatic carbocycles. The predicted molar refractivity (Wildman–Crippen MR) is 63.2 cm³/mol. The Bertz CT molecular complexity index is 471. The van der Waals surface area contributed by atoms with Crippen LogP contribution in [0.2, 0.25) is 0 Å². The van der Waals surface area contributed by atoms with Crippen molar-refractivity contribution in [3.63, 3.8) is 0 Å². The summed E-state index contributed by atoms with van der Waals surface area (Å²) in [4.78, 5) is 10.9. The minimum absolute atomic E-state index is 0.200. The van der Waals surface area contributed by atoms with Gasteiger partial charge >= 0.3 is 0 Å². The van der Waals surface area contributed by atoms with Gasteiger partial charge in [-0.05, 0) is 6.07 Å². The van der Waals surface area contributed by atoms with Crippen molar-refractivity contribution in [3.05, 3.63) is 23.3 Å². The molecular formula is C12H9BrO3. The van der Waals surface area contributed by atoms with Gasteiger partial charge in [0.15, 0.2) is 17.8 Å². The first-order chi connectivity index (χ1) is 7.85. The van der Waals surface area contributed by atoms with Gasteiger partial charge in [-0.25, -0.2) is 0 Å². The van der Waals surface area contributed by atoms with Crippen molar-refractivity contribution in [3.8, 4) is 23.3 Å². The van der Waals surface area contributed by atoms with Crippen LogP contribution < -0.4 is 9.47 Å². The molecule has 0 bridgehead atoms. The van der Waals surface area contributed by atoms with Gasteiger partial charge in [0.25, 0.3) is 0 Å². The maximum atomic E-state index is 10.9. The lowest BCUT2D eigenvalue weighted by Gasteiger charge is -2.00. The summed E-state index contributed by atoms with van der Waals surface area (Å²) in [6.07, 6.45) is 1.52. The molecule has 1 aliphatic heterocycles. The van der Waals surface area contributed by atoms with Gasteiger partial charge in [0.05, 0.1) is 0 Å². The molecule has 0 N–H and O–H groups in total. The fourth-order valence-corrected chi connectivity index (χ4v) is 1.57. The minimum atomic E-state index is 0.200. The Morgan fingerprint density at radius 1 is 1.38 bits per heavy atom. The van der Waals surface area contributed by atoms with Crippen LogP contribution in [0.5, 0.6) is 11.5 Å². The summed E-state index contributed by atoms with van der Waals surface area (Å²) >= 11 is 3.29. The average molecular weight is 281 g/mol. The van der Waals surface area contributed by atoms with Crippen LogP contribution in [0.1, 0.15) is 22.3 Å². The molecule has 0 saturated carbocycles. The van der Waals surface area contributed by atoms with Gasteiger partial charge in [0.2, 0.25) is 6.79 Å². The highest BCUT2D eigenvalue weighted by atomic mass is 79.9. The van der Waals surface area contributed by atoms with Crippen LogP contribution in [0.25, 0.3) is 0 Å². The van der Waals surface area contributed by atoms with Crippen LogP contribution >= 0.6 is 15.9 Å². The number of alkyl halides is 1. The first kappa shape index (κ1) is 11.0. The number of halogens is 1. The predicted octanol–water partition coefficient (Wildman–Crippen LogP) is 2.36. The Balaban J connectivity index is 2.37. The topological polar surface area (TPSA) is 35.5 Å². The zero-order chi connectivity index (χ0) is 11.4. The fourth-order valence-electron chi connectivity index (χ4n) is 1.37. The first-order valence-electron chi connectivity index (χ1n) is 4.79. The van der Waals surface area contributed by atoms with Gasteiger partial charge in [0.1, 0.15) is 0 Å². The van der Waals surface area contributed by atoms with Gasteiger partial charge in [-0.2, -0.15) is 0 Å². The van der Waals surface area contributed by atoms with E-state index in [1.165, 1.54) is 0 Å². The number of aldehydes is 1. The van der Waals surface area contributed by atoms with Gasteiger partial charge in [0, 0.05) is 28.9 Å². The lowest BCUT2D eigenvalue weighted by Crippen LogP contribution is -1.92. The van der Waals surface area contributed by atoms with E-state index in [9.17, 15) is 4.79 Å². The zero-order valence-electron chi connectivity index (χ0n) is 8.46. The van der Waals surface area contributed by atoms with Gasteiger partial charge in [-0.3, -0.25) is 4.79 Å². The molecule has 16 heavy (non-hydrogen) atoms. The number of fused-ring (bicyclic) bond motifs is 1. The zero-order valence-corrected chi connectivity index (χ0v) is 10.0. The van der Waals surface area contributed by atoms with Crippen LogP contribution in [-0.2, 0) is 0 Å². The van der Waals surface area contributed by atoms with Crippen molar-refractivity contribution < 1.29 is 14.3 Å². The van der Waals surface area contributed by atoms with Crippen molar-refractivity contribution in [2.24, 2.45) is 0 Å². The second-order valence-electron chi connectivity index (χ2n) is 3.15. The molecular weight excluding hydrogens is 272 g/mol. The summed E-state index contributed by atoms with van der Waals surface area (Å²) < 4.78 is 10.4. The van der Waals surface area contributed by atoms with Gasteiger partial charge < -0.3 is 9.47 Å². The van der Waals surface area contributed by atoms with Crippen LogP contribution in [0.3, 0.4) is 0 Å². The van der Waals surface area contributed by atoms with Crippen molar-refractivity contribution in [2.45, 2.75) is 6.42 Å². The van der Waals surface area contributed by atoms with E-state index in [1.807, 2.05) is 0 Å². The maximum Gasteiger partial charge on any atom is 0.231 e. The smallest absolute Gasteiger partial charge is 0.231 e. The average Bonchev–Trinajstić information content (AvgIpc) is 2.75. The molecule has 0 spiro atoms. The lowest BCUT2D eigenvalue weighted by molar-refractivity contribution is 0.112. The molecule has 0 amide bonds. The normalized spacial score (nSPS) is 11.8. The Morgan fingerprint density at radius 2 is 2.12 bits per heavy atom. The number of carbonyl (C=O) groups excluding carboxylic acids is 1. The molecule has 0 unspecified atom stereocenters. The summed E-state index contributed by atoms with van der Waals surface area (Å²) in [5, 5.41) is 0.820. The van der Waals surface area contributed by atoms with Gasteiger partial charge in [-0.1, -0.05) is 27.8 Å². The molecule has 4 heteroatoms. The van der Waals surface area contributed by atoms with Gasteiger partial charge in [-0.15, -0.1) is 0 Å². The molecule has 0 fully saturated rings. The first-order valence-corrected chi connectivity index (χ1v) is 5.91. The highest BCUT2D eigenvalue weighted by Gasteiger charge is 2.15. The Kier molecular flexibility index (Phi) is 3.47. The standard InChI is InChI=1S/C12H9BrO3/c13-4-2-1-3-9-5-11-12(16-8-15-11)6-10(9)7-14/h5-7H,2,4,8H2. The summed E-state index contributed by atoms with van der Waals surface area (Å²) in [7, 11) is 0. The highest BCUT2D eigenvalue weighted by molar-refractivity contribution is 9.09. The summed E-state index contributed by atoms with van der Waals surface area (Å²) in [5.74, 6) is 7.16. The number of ether oxygens (including phenoxy) is 2. The molecule has 82 valence electrons. The van der Waals surface area contributed by atoms with E-state index in [2.05, 4.69) is 27.8 Å². The van der Waals surface area contributed by atoms with Crippen molar-refractivity contribution in [1.82, 2.24) is 0 Å². The van der Waals surface area contributed by atoms with Crippen molar-refractivity contribution in [1.29, 1.82) is 0 Å². The molecule has 1 aliphatic rings. The van der Waals surface area contributed by atoms with E-state index in [-0.39, 0.29) is 6.79 Å². The Labute approximate surface area is 102 Å². The minimum Gasteiger partial charge on any atom is -0.454 e. The second kappa shape index (κ2) is 5.04. The SMILES string of the molecule is O=Cc1cc2c(cc1C#CCCBr)OCO2. The number of rotatable bonds is 2. The van der Waals surface area contributed by atoms with E-state index >= 15 is 0 Å². The van der Waals surface area contributed by atoms with Crippen LogP contribution in [0.15, 0.2) is 12.1 Å².